The SMILES string of the molecule is O=C(NCc1ccc(OC(F)F)cc1)Nc1ccc(F)c(Cl)c1. The number of alkyl halides is 2. The molecule has 2 N–H and O–H groups in total. The van der Waals surface area contributed by atoms with Gasteiger partial charge in [-0.1, -0.05) is 23.7 Å². The van der Waals surface area contributed by atoms with Crippen LogP contribution in [0.1, 0.15) is 5.56 Å². The van der Waals surface area contributed by atoms with Crippen LogP contribution in [0.5, 0.6) is 5.75 Å². The summed E-state index contributed by atoms with van der Waals surface area (Å²) in [5.74, 6) is -0.544. The largest absolute Gasteiger partial charge is 0.435 e. The molecule has 0 saturated carbocycles. The minimum absolute atomic E-state index is 0.0363. The minimum Gasteiger partial charge on any atom is -0.435 e. The van der Waals surface area contributed by atoms with E-state index in [4.69, 9.17) is 11.6 Å². The Morgan fingerprint density at radius 2 is 1.87 bits per heavy atom. The van der Waals surface area contributed by atoms with Crippen molar-refractivity contribution in [1.29, 1.82) is 0 Å². The van der Waals surface area contributed by atoms with Gasteiger partial charge >= 0.3 is 12.6 Å². The summed E-state index contributed by atoms with van der Waals surface area (Å²) >= 11 is 5.61. The lowest BCUT2D eigenvalue weighted by molar-refractivity contribution is -0.0498. The molecule has 2 aromatic carbocycles. The van der Waals surface area contributed by atoms with E-state index in [1.807, 2.05) is 0 Å². The van der Waals surface area contributed by atoms with Crippen LogP contribution in [0.4, 0.5) is 23.7 Å². The fourth-order valence-electron chi connectivity index (χ4n) is 1.72. The maximum absolute atomic E-state index is 13.0. The van der Waals surface area contributed by atoms with E-state index in [1.54, 1.807) is 12.1 Å². The minimum atomic E-state index is -2.88. The molecule has 0 radical (unpaired) electrons. The van der Waals surface area contributed by atoms with Crippen molar-refractivity contribution in [2.75, 3.05) is 5.32 Å². The third-order valence-corrected chi connectivity index (χ3v) is 3.07. The van der Waals surface area contributed by atoms with Crippen LogP contribution in [-0.2, 0) is 6.54 Å². The number of halogens is 4. The smallest absolute Gasteiger partial charge is 0.387 e. The van der Waals surface area contributed by atoms with Gasteiger partial charge in [-0.05, 0) is 35.9 Å². The van der Waals surface area contributed by atoms with Gasteiger partial charge < -0.3 is 15.4 Å². The highest BCUT2D eigenvalue weighted by Crippen LogP contribution is 2.19. The van der Waals surface area contributed by atoms with Crippen LogP contribution in [0.25, 0.3) is 0 Å². The highest BCUT2D eigenvalue weighted by molar-refractivity contribution is 6.31. The molecule has 2 rings (SSSR count). The van der Waals surface area contributed by atoms with Gasteiger partial charge in [0.05, 0.1) is 5.02 Å². The van der Waals surface area contributed by atoms with Gasteiger partial charge in [0.2, 0.25) is 0 Å². The number of urea groups is 1. The van der Waals surface area contributed by atoms with Gasteiger partial charge in [-0.25, -0.2) is 9.18 Å². The van der Waals surface area contributed by atoms with Crippen LogP contribution in [0.2, 0.25) is 5.02 Å². The molecule has 0 saturated heterocycles. The third-order valence-electron chi connectivity index (χ3n) is 2.78. The fourth-order valence-corrected chi connectivity index (χ4v) is 1.90. The first-order valence-electron chi connectivity index (χ1n) is 6.47. The Hall–Kier alpha value is -2.41. The molecule has 8 heteroatoms. The molecular weight excluding hydrogens is 333 g/mol. The lowest BCUT2D eigenvalue weighted by Crippen LogP contribution is -2.28. The molecule has 0 aromatic heterocycles. The van der Waals surface area contributed by atoms with Crippen molar-refractivity contribution in [2.45, 2.75) is 13.2 Å². The lowest BCUT2D eigenvalue weighted by Gasteiger charge is -2.09. The Bertz CT molecular complexity index is 681. The summed E-state index contributed by atoms with van der Waals surface area (Å²) in [7, 11) is 0. The number of hydrogen-bond donors (Lipinski definition) is 2. The van der Waals surface area contributed by atoms with Crippen LogP contribution < -0.4 is 15.4 Å². The maximum atomic E-state index is 13.0. The van der Waals surface area contributed by atoms with Crippen LogP contribution >= 0.6 is 11.6 Å². The monoisotopic (exact) mass is 344 g/mol. The molecule has 0 atom stereocenters. The van der Waals surface area contributed by atoms with Gasteiger partial charge in [0.15, 0.2) is 0 Å². The van der Waals surface area contributed by atoms with Crippen LogP contribution in [0.15, 0.2) is 42.5 Å². The molecule has 0 bridgehead atoms. The normalized spacial score (nSPS) is 10.5. The summed E-state index contributed by atoms with van der Waals surface area (Å²) in [5.41, 5.74) is 1.04. The van der Waals surface area contributed by atoms with E-state index in [0.717, 1.165) is 6.07 Å². The number of ether oxygens (including phenoxy) is 1. The van der Waals surface area contributed by atoms with E-state index in [-0.39, 0.29) is 17.3 Å². The summed E-state index contributed by atoms with van der Waals surface area (Å²) in [5, 5.41) is 4.96. The summed E-state index contributed by atoms with van der Waals surface area (Å²) in [4.78, 5) is 11.7. The zero-order valence-electron chi connectivity index (χ0n) is 11.7. The lowest BCUT2D eigenvalue weighted by atomic mass is 10.2. The second kappa shape index (κ2) is 7.73. The molecule has 122 valence electrons. The molecular formula is C15H12ClF3N2O2. The van der Waals surface area contributed by atoms with Gasteiger partial charge in [-0.3, -0.25) is 0 Å². The Balaban J connectivity index is 1.85. The second-order valence-corrected chi connectivity index (χ2v) is 4.87. The Morgan fingerprint density at radius 3 is 2.48 bits per heavy atom. The van der Waals surface area contributed by atoms with E-state index >= 15 is 0 Å². The molecule has 23 heavy (non-hydrogen) atoms. The van der Waals surface area contributed by atoms with Crippen LogP contribution in [-0.4, -0.2) is 12.6 Å². The van der Waals surface area contributed by atoms with Gasteiger partial charge in [0.25, 0.3) is 0 Å². The molecule has 0 spiro atoms. The molecule has 0 heterocycles. The Morgan fingerprint density at radius 1 is 1.17 bits per heavy atom. The van der Waals surface area contributed by atoms with Crippen molar-refractivity contribution < 1.29 is 22.7 Å². The second-order valence-electron chi connectivity index (χ2n) is 4.46. The predicted molar refractivity (Wildman–Crippen MR) is 80.3 cm³/mol. The molecule has 2 amide bonds. The highest BCUT2D eigenvalue weighted by Gasteiger charge is 2.06. The van der Waals surface area contributed by atoms with Crippen molar-refractivity contribution in [3.63, 3.8) is 0 Å². The number of nitrogens with one attached hydrogen (secondary N) is 2. The van der Waals surface area contributed by atoms with Gasteiger partial charge in [0, 0.05) is 12.2 Å². The molecule has 0 aliphatic carbocycles. The quantitative estimate of drug-likeness (QED) is 0.844. The first-order valence-corrected chi connectivity index (χ1v) is 6.85. The topological polar surface area (TPSA) is 50.4 Å². The van der Waals surface area contributed by atoms with Crippen LogP contribution in [0, 0.1) is 5.82 Å². The van der Waals surface area contributed by atoms with Crippen molar-refractivity contribution >= 4 is 23.3 Å². The Kier molecular flexibility index (Phi) is 5.70. The fraction of sp³-hybridized carbons (Fsp3) is 0.133. The van der Waals surface area contributed by atoms with Crippen molar-refractivity contribution in [3.05, 3.63) is 58.9 Å². The number of carbonyl (C=O) groups excluding carboxylic acids is 1. The average Bonchev–Trinajstić information content (AvgIpc) is 2.50. The van der Waals surface area contributed by atoms with E-state index in [1.165, 1.54) is 24.3 Å². The summed E-state index contributed by atoms with van der Waals surface area (Å²) in [6, 6.07) is 9.13. The van der Waals surface area contributed by atoms with Crippen LogP contribution in [0.3, 0.4) is 0 Å². The van der Waals surface area contributed by atoms with E-state index in [9.17, 15) is 18.0 Å². The Labute approximate surface area is 135 Å². The number of rotatable bonds is 5. The number of amides is 2. The zero-order valence-corrected chi connectivity index (χ0v) is 12.4. The van der Waals surface area contributed by atoms with Crippen molar-refractivity contribution in [2.24, 2.45) is 0 Å². The van der Waals surface area contributed by atoms with Gasteiger partial charge in [-0.15, -0.1) is 0 Å². The average molecular weight is 345 g/mol. The van der Waals surface area contributed by atoms with E-state index < -0.39 is 18.5 Å². The summed E-state index contributed by atoms with van der Waals surface area (Å²) in [6.45, 7) is -2.71. The standard InChI is InChI=1S/C15H12ClF3N2O2/c16-12-7-10(3-6-13(12)17)21-15(22)20-8-9-1-4-11(5-2-9)23-14(18)19/h1-7,14H,8H2,(H2,20,21,22). The van der Waals surface area contributed by atoms with Gasteiger partial charge in [-0.2, -0.15) is 8.78 Å². The number of anilines is 1. The number of benzene rings is 2. The number of carbonyl (C=O) groups is 1. The van der Waals surface area contributed by atoms with Crippen molar-refractivity contribution in [3.8, 4) is 5.75 Å². The van der Waals surface area contributed by atoms with E-state index in [0.29, 0.717) is 11.3 Å². The molecule has 0 unspecified atom stereocenters. The molecule has 0 aliphatic heterocycles. The van der Waals surface area contributed by atoms with E-state index in [2.05, 4.69) is 15.4 Å². The maximum Gasteiger partial charge on any atom is 0.387 e. The first-order chi connectivity index (χ1) is 10.9. The summed E-state index contributed by atoms with van der Waals surface area (Å²) in [6.07, 6.45) is 0. The molecule has 4 nitrogen and oxygen atoms in total. The zero-order chi connectivity index (χ0) is 16.8. The number of hydrogen-bond acceptors (Lipinski definition) is 2. The molecule has 0 fully saturated rings. The summed E-state index contributed by atoms with van der Waals surface area (Å²) < 4.78 is 41.2. The third kappa shape index (κ3) is 5.37. The highest BCUT2D eigenvalue weighted by atomic mass is 35.5. The van der Waals surface area contributed by atoms with Gasteiger partial charge in [0.1, 0.15) is 11.6 Å². The first kappa shape index (κ1) is 17.0. The molecule has 2 aromatic rings. The van der Waals surface area contributed by atoms with Crippen molar-refractivity contribution in [1.82, 2.24) is 5.32 Å². The predicted octanol–water partition coefficient (Wildman–Crippen LogP) is 4.40. The molecule has 0 aliphatic rings.